The minimum atomic E-state index is -0.225. The average molecular weight is 421 g/mol. The number of carbonyl (C=O) groups excluding carboxylic acids is 1. The van der Waals surface area contributed by atoms with Crippen molar-refractivity contribution in [3.05, 3.63) is 24.0 Å². The van der Waals surface area contributed by atoms with Gasteiger partial charge in [-0.15, -0.1) is 24.0 Å². The monoisotopic (exact) mass is 421 g/mol. The molecule has 1 heterocycles. The number of amides is 1. The van der Waals surface area contributed by atoms with Gasteiger partial charge in [-0.05, 0) is 32.9 Å². The van der Waals surface area contributed by atoms with Gasteiger partial charge in [-0.1, -0.05) is 0 Å². The standard InChI is InChI=1S/C15H27N5O.HI/c1-15(2,3)18-13(21)10-17-14(16-4)20(6)11-12-8-7-9-19(12)5;/h7-9H,10-11H2,1-6H3,(H,16,17)(H,18,21);1H. The molecule has 0 aliphatic carbocycles. The van der Waals surface area contributed by atoms with E-state index in [0.717, 1.165) is 6.54 Å². The lowest BCUT2D eigenvalue weighted by Gasteiger charge is -2.24. The Morgan fingerprint density at radius 1 is 1.41 bits per heavy atom. The summed E-state index contributed by atoms with van der Waals surface area (Å²) in [6.45, 7) is 6.81. The molecule has 1 aromatic rings. The summed E-state index contributed by atoms with van der Waals surface area (Å²) in [5.74, 6) is 0.649. The van der Waals surface area contributed by atoms with E-state index in [9.17, 15) is 4.79 Å². The van der Waals surface area contributed by atoms with Crippen LogP contribution in [-0.2, 0) is 18.4 Å². The van der Waals surface area contributed by atoms with Crippen LogP contribution < -0.4 is 10.6 Å². The Kier molecular flexibility index (Phi) is 8.50. The Morgan fingerprint density at radius 2 is 2.05 bits per heavy atom. The van der Waals surface area contributed by atoms with Crippen LogP contribution in [0.1, 0.15) is 26.5 Å². The molecule has 0 aromatic carbocycles. The van der Waals surface area contributed by atoms with E-state index in [1.807, 2.05) is 52.0 Å². The molecule has 0 fully saturated rings. The molecule has 22 heavy (non-hydrogen) atoms. The molecule has 0 aliphatic heterocycles. The van der Waals surface area contributed by atoms with Gasteiger partial charge in [-0.25, -0.2) is 0 Å². The molecule has 0 aliphatic rings. The van der Waals surface area contributed by atoms with Crippen LogP contribution in [0.5, 0.6) is 0 Å². The number of aromatic nitrogens is 1. The van der Waals surface area contributed by atoms with Crippen molar-refractivity contribution in [2.75, 3.05) is 20.6 Å². The second-order valence-corrected chi connectivity index (χ2v) is 6.17. The van der Waals surface area contributed by atoms with Crippen molar-refractivity contribution < 1.29 is 4.79 Å². The van der Waals surface area contributed by atoms with E-state index >= 15 is 0 Å². The minimum absolute atomic E-state index is 0. The van der Waals surface area contributed by atoms with E-state index < -0.39 is 0 Å². The molecular weight excluding hydrogens is 393 g/mol. The number of nitrogens with one attached hydrogen (secondary N) is 2. The summed E-state index contributed by atoms with van der Waals surface area (Å²) in [4.78, 5) is 18.0. The van der Waals surface area contributed by atoms with Crippen LogP contribution in [0.4, 0.5) is 0 Å². The number of nitrogens with zero attached hydrogens (tertiary/aromatic N) is 3. The first kappa shape index (κ1) is 20.8. The van der Waals surface area contributed by atoms with Crippen molar-refractivity contribution in [1.82, 2.24) is 20.1 Å². The van der Waals surface area contributed by atoms with Crippen molar-refractivity contribution in [3.63, 3.8) is 0 Å². The SMILES string of the molecule is CN=C(NCC(=O)NC(C)(C)C)N(C)Cc1cccn1C.I. The van der Waals surface area contributed by atoms with Crippen molar-refractivity contribution in [3.8, 4) is 0 Å². The van der Waals surface area contributed by atoms with E-state index in [1.54, 1.807) is 7.05 Å². The third-order valence-corrected chi connectivity index (χ3v) is 2.95. The van der Waals surface area contributed by atoms with E-state index in [0.29, 0.717) is 5.96 Å². The lowest BCUT2D eigenvalue weighted by Crippen LogP contribution is -2.48. The number of hydrogen-bond donors (Lipinski definition) is 2. The third kappa shape index (κ3) is 7.15. The summed E-state index contributed by atoms with van der Waals surface area (Å²) >= 11 is 0. The molecule has 1 amide bonds. The Morgan fingerprint density at radius 3 is 2.50 bits per heavy atom. The highest BCUT2D eigenvalue weighted by Crippen LogP contribution is 2.03. The Bertz CT molecular complexity index is 504. The molecule has 0 saturated carbocycles. The Labute approximate surface area is 150 Å². The molecule has 6 nitrogen and oxygen atoms in total. The van der Waals surface area contributed by atoms with Crippen molar-refractivity contribution in [2.45, 2.75) is 32.9 Å². The first-order chi connectivity index (χ1) is 9.73. The van der Waals surface area contributed by atoms with E-state index in [-0.39, 0.29) is 42.0 Å². The molecule has 0 unspecified atom stereocenters. The largest absolute Gasteiger partial charge is 0.353 e. The third-order valence-electron chi connectivity index (χ3n) is 2.95. The quantitative estimate of drug-likeness (QED) is 0.441. The zero-order chi connectivity index (χ0) is 16.0. The van der Waals surface area contributed by atoms with Gasteiger partial charge < -0.3 is 20.1 Å². The summed E-state index contributed by atoms with van der Waals surface area (Å²) in [6.07, 6.45) is 2.01. The summed E-state index contributed by atoms with van der Waals surface area (Å²) in [5, 5.41) is 5.99. The molecule has 0 atom stereocenters. The maximum Gasteiger partial charge on any atom is 0.239 e. The summed E-state index contributed by atoms with van der Waals surface area (Å²) in [5.41, 5.74) is 0.955. The van der Waals surface area contributed by atoms with Gasteiger partial charge in [0.05, 0.1) is 13.1 Å². The smallest absolute Gasteiger partial charge is 0.239 e. The van der Waals surface area contributed by atoms with Crippen LogP contribution >= 0.6 is 24.0 Å². The van der Waals surface area contributed by atoms with E-state index in [1.165, 1.54) is 5.69 Å². The molecule has 0 saturated heterocycles. The van der Waals surface area contributed by atoms with Crippen molar-refractivity contribution in [2.24, 2.45) is 12.0 Å². The van der Waals surface area contributed by atoms with E-state index in [2.05, 4.69) is 26.3 Å². The fraction of sp³-hybridized carbons (Fsp3) is 0.600. The molecule has 2 N–H and O–H groups in total. The number of aliphatic imine (C=N–C) groups is 1. The maximum atomic E-state index is 11.8. The van der Waals surface area contributed by atoms with Crippen LogP contribution in [0.15, 0.2) is 23.3 Å². The van der Waals surface area contributed by atoms with Crippen molar-refractivity contribution >= 4 is 35.8 Å². The second kappa shape index (κ2) is 9.02. The second-order valence-electron chi connectivity index (χ2n) is 6.17. The highest BCUT2D eigenvalue weighted by atomic mass is 127. The van der Waals surface area contributed by atoms with Crippen LogP contribution in [-0.4, -0.2) is 47.5 Å². The molecule has 1 rings (SSSR count). The molecule has 126 valence electrons. The topological polar surface area (TPSA) is 61.7 Å². The van der Waals surface area contributed by atoms with Gasteiger partial charge >= 0.3 is 0 Å². The minimum Gasteiger partial charge on any atom is -0.353 e. The van der Waals surface area contributed by atoms with E-state index in [4.69, 9.17) is 0 Å². The Hall–Kier alpha value is -1.25. The summed E-state index contributed by atoms with van der Waals surface area (Å²) < 4.78 is 2.07. The van der Waals surface area contributed by atoms with Crippen LogP contribution in [0.3, 0.4) is 0 Å². The summed E-state index contributed by atoms with van der Waals surface area (Å²) in [7, 11) is 5.67. The van der Waals surface area contributed by atoms with Crippen LogP contribution in [0.25, 0.3) is 0 Å². The highest BCUT2D eigenvalue weighted by Gasteiger charge is 2.15. The number of aryl methyl sites for hydroxylation is 1. The number of hydrogen-bond acceptors (Lipinski definition) is 2. The predicted molar refractivity (Wildman–Crippen MR) is 102 cm³/mol. The predicted octanol–water partition coefficient (Wildman–Crippen LogP) is 1.57. The van der Waals surface area contributed by atoms with Gasteiger partial charge in [0.2, 0.25) is 5.91 Å². The average Bonchev–Trinajstić information content (AvgIpc) is 2.73. The first-order valence-corrected chi connectivity index (χ1v) is 7.06. The van der Waals surface area contributed by atoms with Gasteiger partial charge in [0, 0.05) is 38.6 Å². The number of guanidine groups is 1. The lowest BCUT2D eigenvalue weighted by molar-refractivity contribution is -0.121. The normalized spacial score (nSPS) is 11.6. The fourth-order valence-corrected chi connectivity index (χ4v) is 1.99. The maximum absolute atomic E-state index is 11.8. The van der Waals surface area contributed by atoms with Gasteiger partial charge in [-0.2, -0.15) is 0 Å². The lowest BCUT2D eigenvalue weighted by atomic mass is 10.1. The number of rotatable bonds is 4. The molecule has 0 radical (unpaired) electrons. The zero-order valence-corrected chi connectivity index (χ0v) is 16.6. The molecule has 0 spiro atoms. The molecule has 1 aromatic heterocycles. The van der Waals surface area contributed by atoms with Crippen LogP contribution in [0.2, 0.25) is 0 Å². The first-order valence-electron chi connectivity index (χ1n) is 7.06. The van der Waals surface area contributed by atoms with Gasteiger partial charge in [0.1, 0.15) is 0 Å². The molecule has 7 heteroatoms. The number of carbonyl (C=O) groups is 1. The summed E-state index contributed by atoms with van der Waals surface area (Å²) in [6, 6.07) is 4.08. The van der Waals surface area contributed by atoms with Crippen molar-refractivity contribution in [1.29, 1.82) is 0 Å². The molecular formula is C15H28IN5O. The zero-order valence-electron chi connectivity index (χ0n) is 14.3. The Balaban J connectivity index is 0.00000441. The van der Waals surface area contributed by atoms with Gasteiger partial charge in [0.15, 0.2) is 5.96 Å². The van der Waals surface area contributed by atoms with Crippen LogP contribution in [0, 0.1) is 0 Å². The number of halogens is 1. The fourth-order valence-electron chi connectivity index (χ4n) is 1.99. The van der Waals surface area contributed by atoms with Gasteiger partial charge in [-0.3, -0.25) is 9.79 Å². The highest BCUT2D eigenvalue weighted by molar-refractivity contribution is 14.0. The molecule has 0 bridgehead atoms. The van der Waals surface area contributed by atoms with Gasteiger partial charge in [0.25, 0.3) is 0 Å².